The number of anilines is 1. The van der Waals surface area contributed by atoms with Gasteiger partial charge in [0.05, 0.1) is 13.2 Å². The Hall–Kier alpha value is -2.72. The molecule has 1 aromatic heterocycles. The van der Waals surface area contributed by atoms with Crippen LogP contribution in [0.1, 0.15) is 18.5 Å². The van der Waals surface area contributed by atoms with Gasteiger partial charge in [0.1, 0.15) is 17.6 Å². The number of aromatic nitrogens is 1. The Labute approximate surface area is 134 Å². The number of nitrogens with one attached hydrogen (secondary N) is 1. The summed E-state index contributed by atoms with van der Waals surface area (Å²) in [7, 11) is 1.60. The van der Waals surface area contributed by atoms with E-state index in [-0.39, 0.29) is 12.3 Å². The van der Waals surface area contributed by atoms with Crippen LogP contribution in [0.15, 0.2) is 28.7 Å². The van der Waals surface area contributed by atoms with E-state index in [1.165, 1.54) is 0 Å². The van der Waals surface area contributed by atoms with Crippen molar-refractivity contribution in [2.75, 3.05) is 32.2 Å². The van der Waals surface area contributed by atoms with E-state index in [9.17, 15) is 0 Å². The SMILES string of the molecule is CCOc1ccc(OCc2nc(C#N)c(NCCOC)o2)cc1. The Bertz CT molecular complexity index is 646. The fourth-order valence-electron chi connectivity index (χ4n) is 1.83. The first-order chi connectivity index (χ1) is 11.3. The minimum atomic E-state index is 0.134. The van der Waals surface area contributed by atoms with Crippen LogP contribution in [-0.2, 0) is 11.3 Å². The van der Waals surface area contributed by atoms with Gasteiger partial charge in [-0.2, -0.15) is 10.2 Å². The third-order valence-corrected chi connectivity index (χ3v) is 2.87. The van der Waals surface area contributed by atoms with Gasteiger partial charge in [-0.15, -0.1) is 0 Å². The topological polar surface area (TPSA) is 89.5 Å². The van der Waals surface area contributed by atoms with Gasteiger partial charge in [0.2, 0.25) is 17.5 Å². The summed E-state index contributed by atoms with van der Waals surface area (Å²) in [4.78, 5) is 4.09. The van der Waals surface area contributed by atoms with Gasteiger partial charge in [-0.3, -0.25) is 0 Å². The van der Waals surface area contributed by atoms with Gasteiger partial charge < -0.3 is 23.9 Å². The number of methoxy groups -OCH3 is 1. The predicted octanol–water partition coefficient (Wildman–Crippen LogP) is 2.58. The van der Waals surface area contributed by atoms with Crippen LogP contribution in [0.3, 0.4) is 0 Å². The minimum Gasteiger partial charge on any atom is -0.494 e. The molecule has 1 aromatic carbocycles. The summed E-state index contributed by atoms with van der Waals surface area (Å²) in [5.74, 6) is 2.11. The first-order valence-electron chi connectivity index (χ1n) is 7.25. The molecule has 0 aliphatic heterocycles. The average Bonchev–Trinajstić information content (AvgIpc) is 2.97. The van der Waals surface area contributed by atoms with Gasteiger partial charge >= 0.3 is 0 Å². The van der Waals surface area contributed by atoms with E-state index >= 15 is 0 Å². The van der Waals surface area contributed by atoms with Crippen LogP contribution in [0.25, 0.3) is 0 Å². The van der Waals surface area contributed by atoms with Crippen LogP contribution in [-0.4, -0.2) is 31.9 Å². The molecule has 1 N–H and O–H groups in total. The quantitative estimate of drug-likeness (QED) is 0.711. The first-order valence-corrected chi connectivity index (χ1v) is 7.25. The zero-order valence-corrected chi connectivity index (χ0v) is 13.2. The lowest BCUT2D eigenvalue weighted by Crippen LogP contribution is -2.07. The molecule has 7 nitrogen and oxygen atoms in total. The van der Waals surface area contributed by atoms with Crippen molar-refractivity contribution in [1.29, 1.82) is 5.26 Å². The lowest BCUT2D eigenvalue weighted by Gasteiger charge is -2.06. The molecule has 0 spiro atoms. The summed E-state index contributed by atoms with van der Waals surface area (Å²) in [6.45, 7) is 3.71. The molecular formula is C16H19N3O4. The number of oxazole rings is 1. The van der Waals surface area contributed by atoms with E-state index in [0.717, 1.165) is 5.75 Å². The molecule has 0 aliphatic rings. The standard InChI is InChI=1S/C16H19N3O4/c1-3-21-12-4-6-13(7-5-12)22-11-15-19-14(10-17)16(23-15)18-8-9-20-2/h4-7,18H,3,8-9,11H2,1-2H3. The van der Waals surface area contributed by atoms with E-state index in [0.29, 0.717) is 37.3 Å². The van der Waals surface area contributed by atoms with Crippen molar-refractivity contribution in [3.63, 3.8) is 0 Å². The molecule has 0 saturated carbocycles. The Morgan fingerprint density at radius 2 is 1.91 bits per heavy atom. The third kappa shape index (κ3) is 4.90. The van der Waals surface area contributed by atoms with Crippen molar-refractivity contribution in [3.05, 3.63) is 35.9 Å². The lowest BCUT2D eigenvalue weighted by atomic mass is 10.3. The highest BCUT2D eigenvalue weighted by Crippen LogP contribution is 2.20. The van der Waals surface area contributed by atoms with Gasteiger partial charge in [-0.25, -0.2) is 0 Å². The Kier molecular flexibility index (Phi) is 6.27. The van der Waals surface area contributed by atoms with E-state index in [1.807, 2.05) is 25.1 Å². The number of benzene rings is 1. The van der Waals surface area contributed by atoms with E-state index in [1.54, 1.807) is 19.2 Å². The zero-order chi connectivity index (χ0) is 16.5. The summed E-state index contributed by atoms with van der Waals surface area (Å²) >= 11 is 0. The highest BCUT2D eigenvalue weighted by atomic mass is 16.5. The van der Waals surface area contributed by atoms with Crippen LogP contribution in [0.4, 0.5) is 5.88 Å². The van der Waals surface area contributed by atoms with Crippen molar-refractivity contribution in [2.45, 2.75) is 13.5 Å². The van der Waals surface area contributed by atoms with Crippen LogP contribution in [0.2, 0.25) is 0 Å². The fourth-order valence-corrected chi connectivity index (χ4v) is 1.83. The molecule has 0 atom stereocenters. The monoisotopic (exact) mass is 317 g/mol. The third-order valence-electron chi connectivity index (χ3n) is 2.87. The molecule has 0 radical (unpaired) electrons. The number of nitriles is 1. The molecular weight excluding hydrogens is 298 g/mol. The maximum Gasteiger partial charge on any atom is 0.236 e. The van der Waals surface area contributed by atoms with E-state index in [4.69, 9.17) is 23.9 Å². The maximum atomic E-state index is 9.06. The number of hydrogen-bond donors (Lipinski definition) is 1. The lowest BCUT2D eigenvalue weighted by molar-refractivity contribution is 0.210. The van der Waals surface area contributed by atoms with Gasteiger partial charge in [-0.1, -0.05) is 0 Å². The summed E-state index contributed by atoms with van der Waals surface area (Å²) < 4.78 is 21.4. The van der Waals surface area contributed by atoms with Gasteiger partial charge in [-0.05, 0) is 31.2 Å². The van der Waals surface area contributed by atoms with Gasteiger partial charge in [0.25, 0.3) is 0 Å². The van der Waals surface area contributed by atoms with Crippen LogP contribution < -0.4 is 14.8 Å². The second-order valence-electron chi connectivity index (χ2n) is 4.51. The molecule has 0 aliphatic carbocycles. The van der Waals surface area contributed by atoms with E-state index in [2.05, 4.69) is 10.3 Å². The molecule has 2 rings (SSSR count). The Balaban J connectivity index is 1.93. The van der Waals surface area contributed by atoms with Crippen LogP contribution in [0, 0.1) is 11.3 Å². The van der Waals surface area contributed by atoms with Crippen molar-refractivity contribution >= 4 is 5.88 Å². The Morgan fingerprint density at radius 1 is 1.22 bits per heavy atom. The van der Waals surface area contributed by atoms with Gasteiger partial charge in [0.15, 0.2) is 6.61 Å². The van der Waals surface area contributed by atoms with Crippen molar-refractivity contribution in [2.24, 2.45) is 0 Å². The molecule has 0 unspecified atom stereocenters. The van der Waals surface area contributed by atoms with Gasteiger partial charge in [0, 0.05) is 13.7 Å². The summed E-state index contributed by atoms with van der Waals surface area (Å²) in [6.07, 6.45) is 0. The molecule has 23 heavy (non-hydrogen) atoms. The number of nitrogens with zero attached hydrogens (tertiary/aromatic N) is 2. The molecule has 0 saturated heterocycles. The molecule has 7 heteroatoms. The second kappa shape index (κ2) is 8.66. The fraction of sp³-hybridized carbons (Fsp3) is 0.375. The Morgan fingerprint density at radius 3 is 2.52 bits per heavy atom. The molecule has 122 valence electrons. The molecule has 1 heterocycles. The van der Waals surface area contributed by atoms with Crippen LogP contribution in [0.5, 0.6) is 11.5 Å². The molecule has 0 fully saturated rings. The van der Waals surface area contributed by atoms with Crippen LogP contribution >= 0.6 is 0 Å². The van der Waals surface area contributed by atoms with E-state index < -0.39 is 0 Å². The highest BCUT2D eigenvalue weighted by Gasteiger charge is 2.13. The van der Waals surface area contributed by atoms with Crippen molar-refractivity contribution < 1.29 is 18.6 Å². The largest absolute Gasteiger partial charge is 0.494 e. The number of rotatable bonds is 9. The second-order valence-corrected chi connectivity index (χ2v) is 4.51. The summed E-state index contributed by atoms with van der Waals surface area (Å²) in [6, 6.07) is 9.24. The average molecular weight is 317 g/mol. The summed E-state index contributed by atoms with van der Waals surface area (Å²) in [5.41, 5.74) is 0.200. The maximum absolute atomic E-state index is 9.06. The smallest absolute Gasteiger partial charge is 0.236 e. The normalized spacial score (nSPS) is 10.1. The number of hydrogen-bond acceptors (Lipinski definition) is 7. The molecule has 0 bridgehead atoms. The molecule has 2 aromatic rings. The van der Waals surface area contributed by atoms with Crippen molar-refractivity contribution in [1.82, 2.24) is 4.98 Å². The first kappa shape index (κ1) is 16.6. The van der Waals surface area contributed by atoms with Crippen molar-refractivity contribution in [3.8, 4) is 17.6 Å². The highest BCUT2D eigenvalue weighted by molar-refractivity contribution is 5.45. The number of ether oxygens (including phenoxy) is 3. The molecule has 0 amide bonds. The predicted molar refractivity (Wildman–Crippen MR) is 83.5 cm³/mol. The minimum absolute atomic E-state index is 0.134. The summed E-state index contributed by atoms with van der Waals surface area (Å²) in [5, 5.41) is 12.0. The zero-order valence-electron chi connectivity index (χ0n) is 13.2.